The van der Waals surface area contributed by atoms with Crippen molar-refractivity contribution >= 4 is 34.8 Å². The maximum absolute atomic E-state index is 12.1. The van der Waals surface area contributed by atoms with Crippen molar-refractivity contribution in [3.05, 3.63) is 27.7 Å². The summed E-state index contributed by atoms with van der Waals surface area (Å²) in [4.78, 5) is 14.5. The molecule has 20 heavy (non-hydrogen) atoms. The number of likely N-dealkylation sites (tertiary alicyclic amines) is 1. The number of benzene rings is 1. The van der Waals surface area contributed by atoms with Crippen LogP contribution in [0.3, 0.4) is 0 Å². The second-order valence-electron chi connectivity index (χ2n) is 5.00. The molecule has 1 unspecified atom stereocenters. The van der Waals surface area contributed by atoms with Crippen molar-refractivity contribution in [3.8, 4) is 0 Å². The summed E-state index contributed by atoms with van der Waals surface area (Å²) in [7, 11) is 0. The van der Waals surface area contributed by atoms with Crippen molar-refractivity contribution < 1.29 is 4.79 Å². The van der Waals surface area contributed by atoms with E-state index in [1.165, 1.54) is 6.42 Å². The molecule has 3 N–H and O–H groups in total. The average molecular weight is 316 g/mol. The maximum Gasteiger partial charge on any atom is 0.251 e. The summed E-state index contributed by atoms with van der Waals surface area (Å²) >= 11 is 11.8. The fourth-order valence-electron chi connectivity index (χ4n) is 2.60. The van der Waals surface area contributed by atoms with Gasteiger partial charge in [0.05, 0.1) is 15.7 Å². The van der Waals surface area contributed by atoms with Gasteiger partial charge in [0.15, 0.2) is 0 Å². The van der Waals surface area contributed by atoms with Gasteiger partial charge in [-0.05, 0) is 38.1 Å². The normalized spacial score (nSPS) is 19.2. The Hall–Kier alpha value is -0.970. The lowest BCUT2D eigenvalue weighted by atomic mass is 10.1. The fraction of sp³-hybridized carbons (Fsp3) is 0.500. The number of halogens is 2. The molecule has 6 heteroatoms. The Morgan fingerprint density at radius 2 is 2.25 bits per heavy atom. The minimum absolute atomic E-state index is 0.168. The second kappa shape index (κ2) is 6.66. The van der Waals surface area contributed by atoms with Gasteiger partial charge in [-0.25, -0.2) is 0 Å². The lowest BCUT2D eigenvalue weighted by molar-refractivity contribution is 0.0941. The van der Waals surface area contributed by atoms with Gasteiger partial charge in [-0.1, -0.05) is 30.1 Å². The highest BCUT2D eigenvalue weighted by Gasteiger charge is 2.23. The number of hydrogen-bond donors (Lipinski definition) is 2. The topological polar surface area (TPSA) is 58.4 Å². The highest BCUT2D eigenvalue weighted by molar-refractivity contribution is 6.43. The Balaban J connectivity index is 1.98. The van der Waals surface area contributed by atoms with E-state index in [9.17, 15) is 4.79 Å². The number of carbonyl (C=O) groups is 1. The van der Waals surface area contributed by atoms with Gasteiger partial charge in [0.2, 0.25) is 0 Å². The molecule has 0 bridgehead atoms. The number of nitrogens with zero attached hydrogens (tertiary/aromatic N) is 1. The molecule has 1 atom stereocenters. The summed E-state index contributed by atoms with van der Waals surface area (Å²) in [6, 6.07) is 3.52. The van der Waals surface area contributed by atoms with Crippen molar-refractivity contribution in [2.75, 3.05) is 25.4 Å². The van der Waals surface area contributed by atoms with Crippen LogP contribution in [-0.4, -0.2) is 36.5 Å². The van der Waals surface area contributed by atoms with E-state index in [4.69, 9.17) is 28.9 Å². The third-order valence-corrected chi connectivity index (χ3v) is 4.54. The molecule has 0 saturated carbocycles. The zero-order valence-electron chi connectivity index (χ0n) is 11.5. The van der Waals surface area contributed by atoms with Crippen LogP contribution in [0.15, 0.2) is 12.1 Å². The molecule has 1 aromatic rings. The summed E-state index contributed by atoms with van der Waals surface area (Å²) < 4.78 is 0. The molecule has 1 saturated heterocycles. The van der Waals surface area contributed by atoms with E-state index in [1.54, 1.807) is 12.1 Å². The molecule has 110 valence electrons. The van der Waals surface area contributed by atoms with Crippen molar-refractivity contribution in [1.29, 1.82) is 0 Å². The van der Waals surface area contributed by atoms with E-state index in [1.807, 2.05) is 0 Å². The summed E-state index contributed by atoms with van der Waals surface area (Å²) in [6.45, 7) is 4.91. The lowest BCUT2D eigenvalue weighted by Crippen LogP contribution is -2.40. The highest BCUT2D eigenvalue weighted by atomic mass is 35.5. The Labute approximate surface area is 129 Å². The minimum Gasteiger partial charge on any atom is -0.397 e. The van der Waals surface area contributed by atoms with Gasteiger partial charge in [-0.3, -0.25) is 9.69 Å². The minimum atomic E-state index is -0.168. The van der Waals surface area contributed by atoms with Gasteiger partial charge in [0.1, 0.15) is 0 Å². The molecule has 1 aliphatic heterocycles. The second-order valence-corrected chi connectivity index (χ2v) is 5.78. The number of hydrogen-bond acceptors (Lipinski definition) is 3. The lowest BCUT2D eigenvalue weighted by Gasteiger charge is -2.22. The Kier molecular flexibility index (Phi) is 5.13. The van der Waals surface area contributed by atoms with Gasteiger partial charge in [0, 0.05) is 18.2 Å². The molecule has 0 aliphatic carbocycles. The molecule has 0 radical (unpaired) electrons. The largest absolute Gasteiger partial charge is 0.397 e. The zero-order chi connectivity index (χ0) is 14.7. The van der Waals surface area contributed by atoms with Crippen LogP contribution in [0.4, 0.5) is 5.69 Å². The molecule has 0 aromatic heterocycles. The first kappa shape index (κ1) is 15.4. The molecule has 4 nitrogen and oxygen atoms in total. The summed E-state index contributed by atoms with van der Waals surface area (Å²) in [5, 5.41) is 3.53. The van der Waals surface area contributed by atoms with Gasteiger partial charge >= 0.3 is 0 Å². The molecular formula is C14H19Cl2N3O. The van der Waals surface area contributed by atoms with E-state index in [-0.39, 0.29) is 10.9 Å². The van der Waals surface area contributed by atoms with Crippen molar-refractivity contribution in [2.45, 2.75) is 25.8 Å². The van der Waals surface area contributed by atoms with Crippen LogP contribution < -0.4 is 11.1 Å². The first-order chi connectivity index (χ1) is 9.52. The Morgan fingerprint density at radius 3 is 2.90 bits per heavy atom. The monoisotopic (exact) mass is 315 g/mol. The number of rotatable bonds is 4. The van der Waals surface area contributed by atoms with Crippen LogP contribution in [0.25, 0.3) is 0 Å². The molecule has 1 aromatic carbocycles. The van der Waals surface area contributed by atoms with Gasteiger partial charge in [-0.15, -0.1) is 0 Å². The highest BCUT2D eigenvalue weighted by Crippen LogP contribution is 2.29. The van der Waals surface area contributed by atoms with Crippen LogP contribution in [0.1, 0.15) is 30.1 Å². The third kappa shape index (κ3) is 3.37. The Bertz CT molecular complexity index is 484. The molecule has 2 rings (SSSR count). The molecular weight excluding hydrogens is 297 g/mol. The number of anilines is 1. The van der Waals surface area contributed by atoms with Gasteiger partial charge in [-0.2, -0.15) is 0 Å². The number of nitrogens with one attached hydrogen (secondary N) is 1. The van der Waals surface area contributed by atoms with Crippen LogP contribution >= 0.6 is 23.2 Å². The summed E-state index contributed by atoms with van der Waals surface area (Å²) in [5.41, 5.74) is 6.48. The fourth-order valence-corrected chi connectivity index (χ4v) is 2.93. The van der Waals surface area contributed by atoms with E-state index in [0.29, 0.717) is 28.9 Å². The van der Waals surface area contributed by atoms with Crippen LogP contribution in [0, 0.1) is 0 Å². The van der Waals surface area contributed by atoms with Crippen LogP contribution in [-0.2, 0) is 0 Å². The predicted molar refractivity (Wildman–Crippen MR) is 83.5 cm³/mol. The zero-order valence-corrected chi connectivity index (χ0v) is 13.0. The number of amides is 1. The predicted octanol–water partition coefficient (Wildman–Crippen LogP) is 2.79. The third-order valence-electron chi connectivity index (χ3n) is 3.72. The average Bonchev–Trinajstić information content (AvgIpc) is 2.89. The standard InChI is InChI=1S/C14H19Cl2N3O/c1-2-19-5-3-4-10(19)8-18-14(20)9-6-11(15)13(16)12(17)7-9/h6-7,10H,2-5,8,17H2,1H3,(H,18,20). The first-order valence-electron chi connectivity index (χ1n) is 6.79. The van der Waals surface area contributed by atoms with Gasteiger partial charge in [0.25, 0.3) is 5.91 Å². The van der Waals surface area contributed by atoms with E-state index in [2.05, 4.69) is 17.1 Å². The van der Waals surface area contributed by atoms with Crippen molar-refractivity contribution in [1.82, 2.24) is 10.2 Å². The van der Waals surface area contributed by atoms with E-state index < -0.39 is 0 Å². The van der Waals surface area contributed by atoms with E-state index in [0.717, 1.165) is 19.5 Å². The SMILES string of the molecule is CCN1CCCC1CNC(=O)c1cc(N)c(Cl)c(Cl)c1. The van der Waals surface area contributed by atoms with Crippen molar-refractivity contribution in [3.63, 3.8) is 0 Å². The number of likely N-dealkylation sites (N-methyl/N-ethyl adjacent to an activating group) is 1. The summed E-state index contributed by atoms with van der Waals surface area (Å²) in [5.74, 6) is -0.168. The number of nitrogen functional groups attached to an aromatic ring is 1. The molecule has 1 aliphatic rings. The maximum atomic E-state index is 12.1. The van der Waals surface area contributed by atoms with Crippen LogP contribution in [0.5, 0.6) is 0 Å². The first-order valence-corrected chi connectivity index (χ1v) is 7.55. The molecule has 1 heterocycles. The smallest absolute Gasteiger partial charge is 0.251 e. The number of nitrogens with two attached hydrogens (primary N) is 1. The molecule has 1 amide bonds. The van der Waals surface area contributed by atoms with Crippen LogP contribution in [0.2, 0.25) is 10.0 Å². The quantitative estimate of drug-likeness (QED) is 0.840. The van der Waals surface area contributed by atoms with Crippen molar-refractivity contribution in [2.24, 2.45) is 0 Å². The van der Waals surface area contributed by atoms with E-state index >= 15 is 0 Å². The van der Waals surface area contributed by atoms with Gasteiger partial charge < -0.3 is 11.1 Å². The Morgan fingerprint density at radius 1 is 1.50 bits per heavy atom. The molecule has 1 fully saturated rings. The summed E-state index contributed by atoms with van der Waals surface area (Å²) in [6.07, 6.45) is 2.31. The number of carbonyl (C=O) groups excluding carboxylic acids is 1. The molecule has 0 spiro atoms.